The van der Waals surface area contributed by atoms with Crippen LogP contribution in [0.2, 0.25) is 0 Å². The Morgan fingerprint density at radius 3 is 2.67 bits per heavy atom. The molecule has 0 bridgehead atoms. The second-order valence-corrected chi connectivity index (χ2v) is 8.05. The van der Waals surface area contributed by atoms with Crippen molar-refractivity contribution < 1.29 is 9.53 Å². The number of nitrogens with one attached hydrogen (secondary N) is 2. The number of anilines is 1. The van der Waals surface area contributed by atoms with Crippen molar-refractivity contribution in [2.24, 2.45) is 0 Å². The van der Waals surface area contributed by atoms with Gasteiger partial charge < -0.3 is 15.0 Å². The minimum absolute atomic E-state index is 0.0476. The zero-order chi connectivity index (χ0) is 21.7. The van der Waals surface area contributed by atoms with Crippen LogP contribution in [0.5, 0.6) is 5.75 Å². The van der Waals surface area contributed by atoms with Gasteiger partial charge in [-0.15, -0.1) is 0 Å². The Bertz CT molecular complexity index is 1190. The van der Waals surface area contributed by atoms with Crippen LogP contribution in [0.3, 0.4) is 0 Å². The van der Waals surface area contributed by atoms with Gasteiger partial charge in [-0.2, -0.15) is 5.26 Å². The van der Waals surface area contributed by atoms with Gasteiger partial charge in [-0.3, -0.25) is 9.59 Å². The Balaban J connectivity index is 1.78. The quantitative estimate of drug-likeness (QED) is 0.402. The van der Waals surface area contributed by atoms with Crippen LogP contribution in [0.15, 0.2) is 56.9 Å². The third-order valence-corrected chi connectivity index (χ3v) is 5.92. The number of hydrogen-bond donors (Lipinski definition) is 2. The van der Waals surface area contributed by atoms with Crippen molar-refractivity contribution in [1.29, 1.82) is 5.26 Å². The van der Waals surface area contributed by atoms with Crippen LogP contribution < -0.4 is 15.6 Å². The lowest BCUT2D eigenvalue weighted by atomic mass is 10.1. The topological polar surface area (TPSA) is 108 Å². The molecule has 0 aliphatic rings. The number of rotatable bonds is 6. The molecule has 1 heterocycles. The molecule has 0 spiro atoms. The number of methoxy groups -OCH3 is 1. The highest BCUT2D eigenvalue weighted by molar-refractivity contribution is 9.10. The summed E-state index contributed by atoms with van der Waals surface area (Å²) in [5.74, 6) is 0.461. The van der Waals surface area contributed by atoms with Gasteiger partial charge in [0.15, 0.2) is 5.16 Å². The molecular formula is C21H17BrN4O3S. The van der Waals surface area contributed by atoms with Crippen molar-refractivity contribution in [2.45, 2.75) is 12.1 Å². The van der Waals surface area contributed by atoms with Crippen LogP contribution in [0.4, 0.5) is 5.69 Å². The van der Waals surface area contributed by atoms with E-state index < -0.39 is 5.56 Å². The average Bonchev–Trinajstić information content (AvgIpc) is 2.74. The summed E-state index contributed by atoms with van der Waals surface area (Å²) in [7, 11) is 1.55. The van der Waals surface area contributed by atoms with Crippen molar-refractivity contribution in [1.82, 2.24) is 9.97 Å². The number of carbonyl (C=O) groups excluding carboxylic acids is 1. The van der Waals surface area contributed by atoms with Crippen LogP contribution in [-0.4, -0.2) is 28.7 Å². The van der Waals surface area contributed by atoms with E-state index in [9.17, 15) is 14.9 Å². The van der Waals surface area contributed by atoms with E-state index in [4.69, 9.17) is 4.74 Å². The Labute approximate surface area is 185 Å². The molecular weight excluding hydrogens is 468 g/mol. The number of halogens is 1. The number of ether oxygens (including phenoxy) is 1. The molecule has 0 unspecified atom stereocenters. The van der Waals surface area contributed by atoms with Gasteiger partial charge in [0.25, 0.3) is 5.56 Å². The molecule has 0 saturated carbocycles. The van der Waals surface area contributed by atoms with E-state index in [1.807, 2.05) is 25.1 Å². The highest BCUT2D eigenvalue weighted by Gasteiger charge is 2.15. The minimum Gasteiger partial charge on any atom is -0.497 e. The standard InChI is InChI=1S/C21H17BrN4O3S/c1-12-9-14(5-8-17(12)22)24-18(27)11-30-21-25-19(16(10-23)20(28)26-21)13-3-6-15(29-2)7-4-13/h3-9H,11H2,1-2H3,(H,24,27)(H,25,26,28). The summed E-state index contributed by atoms with van der Waals surface area (Å²) < 4.78 is 6.09. The maximum Gasteiger partial charge on any atom is 0.270 e. The number of carbonyl (C=O) groups is 1. The summed E-state index contributed by atoms with van der Waals surface area (Å²) in [5.41, 5.74) is 1.92. The molecule has 1 amide bonds. The summed E-state index contributed by atoms with van der Waals surface area (Å²) >= 11 is 4.50. The molecule has 1 aromatic heterocycles. The highest BCUT2D eigenvalue weighted by Crippen LogP contribution is 2.25. The van der Waals surface area contributed by atoms with E-state index in [1.54, 1.807) is 37.4 Å². The number of nitriles is 1. The fourth-order valence-corrected chi connectivity index (χ4v) is 3.54. The molecule has 3 rings (SSSR count). The Hall–Kier alpha value is -3.09. The van der Waals surface area contributed by atoms with E-state index in [-0.39, 0.29) is 28.1 Å². The fourth-order valence-electron chi connectivity index (χ4n) is 2.64. The van der Waals surface area contributed by atoms with Gasteiger partial charge in [-0.25, -0.2) is 4.98 Å². The average molecular weight is 485 g/mol. The molecule has 9 heteroatoms. The number of amides is 1. The number of benzene rings is 2. The molecule has 2 aromatic carbocycles. The lowest BCUT2D eigenvalue weighted by Gasteiger charge is -2.08. The smallest absolute Gasteiger partial charge is 0.270 e. The van der Waals surface area contributed by atoms with Crippen LogP contribution in [0.1, 0.15) is 11.1 Å². The molecule has 0 atom stereocenters. The highest BCUT2D eigenvalue weighted by atomic mass is 79.9. The maximum absolute atomic E-state index is 12.3. The molecule has 3 aromatic rings. The van der Waals surface area contributed by atoms with Gasteiger partial charge in [-0.05, 0) is 55.0 Å². The largest absolute Gasteiger partial charge is 0.497 e. The van der Waals surface area contributed by atoms with Crippen molar-refractivity contribution in [3.63, 3.8) is 0 Å². The molecule has 152 valence electrons. The predicted octanol–water partition coefficient (Wildman–Crippen LogP) is 4.12. The first-order valence-electron chi connectivity index (χ1n) is 8.79. The molecule has 0 radical (unpaired) electrons. The first-order valence-corrected chi connectivity index (χ1v) is 10.6. The zero-order valence-electron chi connectivity index (χ0n) is 16.2. The van der Waals surface area contributed by atoms with Gasteiger partial charge in [0.05, 0.1) is 18.6 Å². The Morgan fingerprint density at radius 2 is 2.03 bits per heavy atom. The molecule has 30 heavy (non-hydrogen) atoms. The monoisotopic (exact) mass is 484 g/mol. The number of aromatic nitrogens is 2. The fraction of sp³-hybridized carbons (Fsp3) is 0.143. The zero-order valence-corrected chi connectivity index (χ0v) is 18.6. The van der Waals surface area contributed by atoms with Gasteiger partial charge in [-0.1, -0.05) is 27.7 Å². The summed E-state index contributed by atoms with van der Waals surface area (Å²) in [6.45, 7) is 1.93. The molecule has 7 nitrogen and oxygen atoms in total. The molecule has 0 fully saturated rings. The Morgan fingerprint density at radius 1 is 1.30 bits per heavy atom. The lowest BCUT2D eigenvalue weighted by Crippen LogP contribution is -2.17. The number of aromatic amines is 1. The Kier molecular flexibility index (Phi) is 6.92. The van der Waals surface area contributed by atoms with Crippen LogP contribution in [0.25, 0.3) is 11.3 Å². The molecule has 2 N–H and O–H groups in total. The second-order valence-electron chi connectivity index (χ2n) is 6.24. The number of hydrogen-bond acceptors (Lipinski definition) is 6. The third-order valence-electron chi connectivity index (χ3n) is 4.15. The van der Waals surface area contributed by atoms with E-state index >= 15 is 0 Å². The van der Waals surface area contributed by atoms with Crippen molar-refractivity contribution in [3.8, 4) is 23.1 Å². The van der Waals surface area contributed by atoms with Crippen LogP contribution in [-0.2, 0) is 4.79 Å². The van der Waals surface area contributed by atoms with Gasteiger partial charge in [0, 0.05) is 15.7 Å². The normalized spacial score (nSPS) is 10.3. The van der Waals surface area contributed by atoms with E-state index in [2.05, 4.69) is 31.2 Å². The van der Waals surface area contributed by atoms with E-state index in [1.165, 1.54) is 0 Å². The number of H-pyrrole nitrogens is 1. The van der Waals surface area contributed by atoms with Gasteiger partial charge in [0.1, 0.15) is 17.4 Å². The lowest BCUT2D eigenvalue weighted by molar-refractivity contribution is -0.113. The first kappa shape index (κ1) is 21.6. The van der Waals surface area contributed by atoms with Crippen molar-refractivity contribution in [2.75, 3.05) is 18.2 Å². The molecule has 0 aliphatic heterocycles. The predicted molar refractivity (Wildman–Crippen MR) is 120 cm³/mol. The molecule has 0 aliphatic carbocycles. The first-order chi connectivity index (χ1) is 14.4. The SMILES string of the molecule is COc1ccc(-c2nc(SCC(=O)Nc3ccc(Br)c(C)c3)[nH]c(=O)c2C#N)cc1. The van der Waals surface area contributed by atoms with Crippen molar-refractivity contribution >= 4 is 39.3 Å². The van der Waals surface area contributed by atoms with Gasteiger partial charge in [0.2, 0.25) is 5.91 Å². The third kappa shape index (κ3) is 5.09. The van der Waals surface area contributed by atoms with Crippen LogP contribution in [0, 0.1) is 18.3 Å². The maximum atomic E-state index is 12.3. The second kappa shape index (κ2) is 9.61. The summed E-state index contributed by atoms with van der Waals surface area (Å²) in [6.07, 6.45) is 0. The van der Waals surface area contributed by atoms with Crippen molar-refractivity contribution in [3.05, 3.63) is 68.4 Å². The number of thioether (sulfide) groups is 1. The molecule has 0 saturated heterocycles. The van der Waals surface area contributed by atoms with E-state index in [0.29, 0.717) is 17.0 Å². The summed E-state index contributed by atoms with van der Waals surface area (Å²) in [6, 6.07) is 14.3. The number of nitrogens with zero attached hydrogens (tertiary/aromatic N) is 2. The number of aryl methyl sites for hydroxylation is 1. The van der Waals surface area contributed by atoms with Crippen LogP contribution >= 0.6 is 27.7 Å². The summed E-state index contributed by atoms with van der Waals surface area (Å²) in [4.78, 5) is 31.6. The minimum atomic E-state index is -0.551. The van der Waals surface area contributed by atoms with E-state index in [0.717, 1.165) is 21.8 Å². The summed E-state index contributed by atoms with van der Waals surface area (Å²) in [5, 5.41) is 12.4. The van der Waals surface area contributed by atoms with Gasteiger partial charge >= 0.3 is 0 Å².